The number of hydrogen-bond acceptors (Lipinski definition) is 5. The van der Waals surface area contributed by atoms with Crippen LogP contribution < -0.4 is 4.90 Å². The van der Waals surface area contributed by atoms with Crippen molar-refractivity contribution in [2.24, 2.45) is 10.2 Å². The molecule has 3 N–H and O–H groups in total. The Labute approximate surface area is 192 Å². The fraction of sp³-hybridized carbons (Fsp3) is 0.348. The Morgan fingerprint density at radius 2 is 1.76 bits per heavy atom. The second-order valence-corrected chi connectivity index (χ2v) is 10.4. The summed E-state index contributed by atoms with van der Waals surface area (Å²) >= 11 is 0. The highest BCUT2D eigenvalue weighted by atomic mass is 32.2. The van der Waals surface area contributed by atoms with Crippen molar-refractivity contribution in [1.82, 2.24) is 9.29 Å². The number of quaternary nitrogens is 1. The largest absolute Gasteiger partial charge is 0.493 e. The normalized spacial score (nSPS) is 16.1. The van der Waals surface area contributed by atoms with Crippen LogP contribution in [0, 0.1) is 20.8 Å². The molecule has 4 rings (SSSR count). The molecular formula is C23H28N5O4S+. The maximum absolute atomic E-state index is 12.8. The van der Waals surface area contributed by atoms with Crippen LogP contribution in [-0.4, -0.2) is 61.4 Å². The molecule has 2 heterocycles. The van der Waals surface area contributed by atoms with Crippen molar-refractivity contribution >= 4 is 32.5 Å². The van der Waals surface area contributed by atoms with Crippen molar-refractivity contribution in [1.29, 1.82) is 0 Å². The van der Waals surface area contributed by atoms with E-state index in [1.165, 1.54) is 4.31 Å². The summed E-state index contributed by atoms with van der Waals surface area (Å²) in [6.07, 6.45) is 0. The number of hydrogen-bond donors (Lipinski definition) is 3. The molecule has 1 aliphatic heterocycles. The summed E-state index contributed by atoms with van der Waals surface area (Å²) in [7, 11) is -3.54. The highest BCUT2D eigenvalue weighted by Gasteiger charge is 2.31. The van der Waals surface area contributed by atoms with Gasteiger partial charge in [0.25, 0.3) is 0 Å². The molecule has 0 aliphatic carbocycles. The minimum absolute atomic E-state index is 0.114. The van der Waals surface area contributed by atoms with Gasteiger partial charge in [-0.2, -0.15) is 4.31 Å². The Morgan fingerprint density at radius 1 is 1.09 bits per heavy atom. The first-order chi connectivity index (χ1) is 15.7. The highest BCUT2D eigenvalue weighted by molar-refractivity contribution is 7.89. The zero-order chi connectivity index (χ0) is 23.8. The molecule has 1 aromatic heterocycles. The maximum Gasteiger partial charge on any atom is 0.319 e. The Kier molecular flexibility index (Phi) is 6.33. The lowest BCUT2D eigenvalue weighted by Gasteiger charge is -2.30. The van der Waals surface area contributed by atoms with Crippen LogP contribution in [0.2, 0.25) is 0 Å². The second kappa shape index (κ2) is 9.05. The lowest BCUT2D eigenvalue weighted by Crippen LogP contribution is -3.15. The molecule has 174 valence electrons. The molecule has 1 saturated heterocycles. The summed E-state index contributed by atoms with van der Waals surface area (Å²) in [4.78, 5) is 16.5. The topological polar surface area (TPSA) is 120 Å². The van der Waals surface area contributed by atoms with Crippen LogP contribution in [0.15, 0.2) is 51.5 Å². The predicted octanol–water partition coefficient (Wildman–Crippen LogP) is 2.00. The van der Waals surface area contributed by atoms with Gasteiger partial charge in [0, 0.05) is 5.39 Å². The minimum Gasteiger partial charge on any atom is -0.493 e. The van der Waals surface area contributed by atoms with Crippen molar-refractivity contribution in [3.63, 3.8) is 0 Å². The Hall–Kier alpha value is -3.08. The van der Waals surface area contributed by atoms with Gasteiger partial charge in [0.15, 0.2) is 12.2 Å². The monoisotopic (exact) mass is 470 g/mol. The highest BCUT2D eigenvalue weighted by Crippen LogP contribution is 2.37. The molecule has 0 radical (unpaired) electrons. The average molecular weight is 471 g/mol. The Balaban J connectivity index is 1.38. The van der Waals surface area contributed by atoms with E-state index in [1.54, 1.807) is 24.3 Å². The van der Waals surface area contributed by atoms with E-state index < -0.39 is 15.9 Å². The molecule has 3 aromatic rings. The fourth-order valence-corrected chi connectivity index (χ4v) is 5.46. The van der Waals surface area contributed by atoms with Crippen LogP contribution in [-0.2, 0) is 14.8 Å². The number of sulfonamides is 1. The smallest absolute Gasteiger partial charge is 0.319 e. The quantitative estimate of drug-likeness (QED) is 0.494. The Bertz CT molecular complexity index is 1320. The van der Waals surface area contributed by atoms with Gasteiger partial charge in [-0.25, -0.2) is 8.42 Å². The van der Waals surface area contributed by atoms with Gasteiger partial charge in [-0.05, 0) is 44.0 Å². The van der Waals surface area contributed by atoms with Gasteiger partial charge in [0.1, 0.15) is 0 Å². The molecule has 9 nitrogen and oxygen atoms in total. The number of benzene rings is 2. The van der Waals surface area contributed by atoms with Crippen molar-refractivity contribution in [2.75, 3.05) is 32.7 Å². The van der Waals surface area contributed by atoms with Crippen LogP contribution in [0.1, 0.15) is 16.7 Å². The van der Waals surface area contributed by atoms with Crippen LogP contribution in [0.5, 0.6) is 5.88 Å². The molecule has 0 unspecified atom stereocenters. The van der Waals surface area contributed by atoms with Crippen LogP contribution in [0.25, 0.3) is 10.9 Å². The average Bonchev–Trinajstić information content (AvgIpc) is 3.11. The number of carbonyl (C=O) groups excluding carboxylic acids is 1. The third-order valence-electron chi connectivity index (χ3n) is 6.21. The molecular weight excluding hydrogens is 442 g/mol. The molecule has 0 bridgehead atoms. The number of rotatable bonds is 5. The van der Waals surface area contributed by atoms with E-state index >= 15 is 0 Å². The van der Waals surface area contributed by atoms with Crippen molar-refractivity contribution in [3.05, 3.63) is 53.1 Å². The number of aryl methyl sites for hydroxylation is 3. The van der Waals surface area contributed by atoms with Gasteiger partial charge in [-0.3, -0.25) is 4.79 Å². The predicted molar refractivity (Wildman–Crippen MR) is 124 cm³/mol. The van der Waals surface area contributed by atoms with Gasteiger partial charge in [0.05, 0.1) is 36.6 Å². The van der Waals surface area contributed by atoms with E-state index in [1.807, 2.05) is 32.9 Å². The van der Waals surface area contributed by atoms with Gasteiger partial charge < -0.3 is 15.0 Å². The third-order valence-corrected chi connectivity index (χ3v) is 8.12. The van der Waals surface area contributed by atoms with Gasteiger partial charge in [0.2, 0.25) is 15.9 Å². The summed E-state index contributed by atoms with van der Waals surface area (Å²) < 4.78 is 27.1. The van der Waals surface area contributed by atoms with Crippen molar-refractivity contribution < 1.29 is 23.2 Å². The number of aromatic amines is 1. The maximum atomic E-state index is 12.8. The number of carbonyl (C=O) groups is 1. The van der Waals surface area contributed by atoms with E-state index in [2.05, 4.69) is 15.2 Å². The molecule has 33 heavy (non-hydrogen) atoms. The minimum atomic E-state index is -3.54. The summed E-state index contributed by atoms with van der Waals surface area (Å²) in [5.41, 5.74) is 4.09. The van der Waals surface area contributed by atoms with Crippen molar-refractivity contribution in [2.45, 2.75) is 25.7 Å². The van der Waals surface area contributed by atoms with Crippen LogP contribution >= 0.6 is 0 Å². The summed E-state index contributed by atoms with van der Waals surface area (Å²) in [5.74, 6) is -0.546. The van der Waals surface area contributed by atoms with Gasteiger partial charge >= 0.3 is 5.91 Å². The fourth-order valence-electron chi connectivity index (χ4n) is 4.01. The first kappa shape index (κ1) is 23.1. The SMILES string of the molecule is Cc1ccc(S(=O)(=O)N2CC[NH+](CC(=O)N=Nc3c(O)[nH]c4c(C)c(C)ccc34)CC2)cc1. The molecule has 1 amide bonds. The van der Waals surface area contributed by atoms with Crippen molar-refractivity contribution in [3.8, 4) is 5.88 Å². The second-order valence-electron chi connectivity index (χ2n) is 8.49. The number of nitrogens with zero attached hydrogens (tertiary/aromatic N) is 3. The third kappa shape index (κ3) is 4.68. The summed E-state index contributed by atoms with van der Waals surface area (Å²) in [6, 6.07) is 10.6. The number of nitrogens with one attached hydrogen (secondary N) is 2. The van der Waals surface area contributed by atoms with Crippen LogP contribution in [0.4, 0.5) is 5.69 Å². The molecule has 0 spiro atoms. The summed E-state index contributed by atoms with van der Waals surface area (Å²) in [6.45, 7) is 7.62. The van der Waals surface area contributed by atoms with Gasteiger partial charge in [-0.1, -0.05) is 29.8 Å². The molecule has 10 heteroatoms. The lowest BCUT2D eigenvalue weighted by atomic mass is 10.1. The van der Waals surface area contributed by atoms with E-state index in [9.17, 15) is 18.3 Å². The van der Waals surface area contributed by atoms with Gasteiger partial charge in [-0.15, -0.1) is 10.2 Å². The van der Waals surface area contributed by atoms with Crippen LogP contribution in [0.3, 0.4) is 0 Å². The van der Waals surface area contributed by atoms with E-state index in [-0.39, 0.29) is 23.0 Å². The number of fused-ring (bicyclic) bond motifs is 1. The number of aromatic hydroxyl groups is 1. The molecule has 0 atom stereocenters. The lowest BCUT2D eigenvalue weighted by molar-refractivity contribution is -0.895. The number of azo groups is 1. The zero-order valence-electron chi connectivity index (χ0n) is 18.9. The number of aromatic nitrogens is 1. The molecule has 1 fully saturated rings. The Morgan fingerprint density at radius 3 is 2.42 bits per heavy atom. The molecule has 0 saturated carbocycles. The van der Waals surface area contributed by atoms with E-state index in [4.69, 9.17) is 0 Å². The van der Waals surface area contributed by atoms with E-state index in [0.29, 0.717) is 31.6 Å². The molecule has 1 aliphatic rings. The van der Waals surface area contributed by atoms with E-state index in [0.717, 1.165) is 27.1 Å². The first-order valence-electron chi connectivity index (χ1n) is 10.8. The number of amides is 1. The molecule has 2 aromatic carbocycles. The first-order valence-corrected chi connectivity index (χ1v) is 12.3. The number of H-pyrrole nitrogens is 1. The standard InChI is InChI=1S/C23H27N5O4S/c1-15-4-7-18(8-5-15)33(31,32)28-12-10-27(11-13-28)14-20(29)25-26-22-19-9-6-16(2)17(3)21(19)24-23(22)30/h4-9,24,30H,10-14H2,1-3H3/p+1. The number of piperazine rings is 1. The zero-order valence-corrected chi connectivity index (χ0v) is 19.7. The summed E-state index contributed by atoms with van der Waals surface area (Å²) in [5, 5.41) is 18.7.